The van der Waals surface area contributed by atoms with Gasteiger partial charge in [-0.05, 0) is 118 Å². The normalized spacial score (nSPS) is 51.3. The molecule has 8 rings (SSSR count). The smallest absolute Gasteiger partial charge is 0.307 e. The first-order valence-corrected chi connectivity index (χ1v) is 11.9. The standard InChI is InChI=1S/C24H35NO3/c25-22(27)21(24-10-17-4-18(11-24)6-19(5-17)12-24)28-20(26)13-23-7-14-1-15(8-23)3-16(2-14)9-23/h14-19,21H,1-13H2,(H2,25,27). The van der Waals surface area contributed by atoms with Gasteiger partial charge in [-0.3, -0.25) is 9.59 Å². The first kappa shape index (κ1) is 17.8. The third-order valence-electron chi connectivity index (χ3n) is 9.83. The fraction of sp³-hybridized carbons (Fsp3) is 0.917. The number of carbonyl (C=O) groups excluding carboxylic acids is 2. The molecule has 0 heterocycles. The van der Waals surface area contributed by atoms with Gasteiger partial charge < -0.3 is 10.5 Å². The van der Waals surface area contributed by atoms with Crippen molar-refractivity contribution in [3.05, 3.63) is 0 Å². The van der Waals surface area contributed by atoms with E-state index in [1.807, 2.05) is 0 Å². The van der Waals surface area contributed by atoms with Crippen molar-refractivity contribution in [2.45, 2.75) is 89.6 Å². The fourth-order valence-corrected chi connectivity index (χ4v) is 9.97. The van der Waals surface area contributed by atoms with Crippen molar-refractivity contribution in [2.75, 3.05) is 0 Å². The Morgan fingerprint density at radius 1 is 0.750 bits per heavy atom. The summed E-state index contributed by atoms with van der Waals surface area (Å²) in [4.78, 5) is 25.6. The molecular weight excluding hydrogens is 350 g/mol. The first-order valence-electron chi connectivity index (χ1n) is 11.9. The van der Waals surface area contributed by atoms with Crippen molar-refractivity contribution in [3.8, 4) is 0 Å². The van der Waals surface area contributed by atoms with Crippen LogP contribution in [-0.4, -0.2) is 18.0 Å². The van der Waals surface area contributed by atoms with Crippen LogP contribution in [0.4, 0.5) is 0 Å². The maximum Gasteiger partial charge on any atom is 0.307 e. The molecule has 0 radical (unpaired) electrons. The monoisotopic (exact) mass is 385 g/mol. The summed E-state index contributed by atoms with van der Waals surface area (Å²) < 4.78 is 6.02. The van der Waals surface area contributed by atoms with Crippen LogP contribution in [0, 0.1) is 46.3 Å². The molecule has 0 aromatic rings. The minimum Gasteiger partial charge on any atom is -0.452 e. The number of hydrogen-bond donors (Lipinski definition) is 1. The molecule has 0 saturated heterocycles. The average molecular weight is 386 g/mol. The SMILES string of the molecule is NC(=O)C(OC(=O)CC12CC3CC(CC(C3)C1)C2)C12CC3CC(CC(C3)C1)C2. The van der Waals surface area contributed by atoms with E-state index in [2.05, 4.69) is 0 Å². The molecule has 0 aliphatic heterocycles. The number of ether oxygens (including phenoxy) is 1. The minimum atomic E-state index is -0.692. The zero-order valence-corrected chi connectivity index (χ0v) is 17.0. The molecule has 1 atom stereocenters. The van der Waals surface area contributed by atoms with Gasteiger partial charge in [0.1, 0.15) is 0 Å². The van der Waals surface area contributed by atoms with Crippen molar-refractivity contribution in [1.82, 2.24) is 0 Å². The van der Waals surface area contributed by atoms with Gasteiger partial charge in [-0.15, -0.1) is 0 Å². The Morgan fingerprint density at radius 3 is 1.54 bits per heavy atom. The van der Waals surface area contributed by atoms with E-state index in [1.54, 1.807) is 0 Å². The van der Waals surface area contributed by atoms with Crippen LogP contribution in [-0.2, 0) is 14.3 Å². The molecule has 1 unspecified atom stereocenters. The predicted molar refractivity (Wildman–Crippen MR) is 105 cm³/mol. The number of esters is 1. The fourth-order valence-electron chi connectivity index (χ4n) is 9.97. The minimum absolute atomic E-state index is 0.138. The Balaban J connectivity index is 1.19. The molecule has 8 saturated carbocycles. The maximum atomic E-state index is 13.1. The highest BCUT2D eigenvalue weighted by Crippen LogP contribution is 2.63. The summed E-state index contributed by atoms with van der Waals surface area (Å²) in [6.45, 7) is 0. The summed E-state index contributed by atoms with van der Waals surface area (Å²) in [6.07, 6.45) is 14.6. The van der Waals surface area contributed by atoms with Crippen LogP contribution in [0.3, 0.4) is 0 Å². The van der Waals surface area contributed by atoms with Gasteiger partial charge in [-0.1, -0.05) is 0 Å². The molecule has 4 heteroatoms. The highest BCUT2D eigenvalue weighted by molar-refractivity contribution is 5.83. The van der Waals surface area contributed by atoms with Gasteiger partial charge in [0.15, 0.2) is 6.10 Å². The van der Waals surface area contributed by atoms with Crippen molar-refractivity contribution in [1.29, 1.82) is 0 Å². The summed E-state index contributed by atoms with van der Waals surface area (Å²) in [5.74, 6) is 4.10. The maximum absolute atomic E-state index is 13.1. The second-order valence-electron chi connectivity index (χ2n) is 12.1. The van der Waals surface area contributed by atoms with Gasteiger partial charge >= 0.3 is 5.97 Å². The molecule has 28 heavy (non-hydrogen) atoms. The van der Waals surface area contributed by atoms with E-state index < -0.39 is 12.0 Å². The molecular formula is C24H35NO3. The van der Waals surface area contributed by atoms with E-state index >= 15 is 0 Å². The largest absolute Gasteiger partial charge is 0.452 e. The number of amides is 1. The summed E-state index contributed by atoms with van der Waals surface area (Å²) in [6, 6.07) is 0. The number of rotatable bonds is 5. The van der Waals surface area contributed by atoms with E-state index in [0.29, 0.717) is 6.42 Å². The summed E-state index contributed by atoms with van der Waals surface area (Å²) in [7, 11) is 0. The van der Waals surface area contributed by atoms with Crippen molar-refractivity contribution in [3.63, 3.8) is 0 Å². The highest BCUT2D eigenvalue weighted by atomic mass is 16.5. The molecule has 1 amide bonds. The van der Waals surface area contributed by atoms with Crippen molar-refractivity contribution >= 4 is 11.9 Å². The van der Waals surface area contributed by atoms with Crippen LogP contribution in [0.15, 0.2) is 0 Å². The molecule has 8 fully saturated rings. The summed E-state index contributed by atoms with van der Waals surface area (Å²) in [5, 5.41) is 0. The molecule has 0 aromatic heterocycles. The molecule has 8 aliphatic carbocycles. The summed E-state index contributed by atoms with van der Waals surface area (Å²) in [5.41, 5.74) is 5.86. The third-order valence-corrected chi connectivity index (χ3v) is 9.83. The van der Waals surface area contributed by atoms with Gasteiger partial charge in [-0.25, -0.2) is 0 Å². The van der Waals surface area contributed by atoms with Crippen LogP contribution in [0.2, 0.25) is 0 Å². The Kier molecular flexibility index (Phi) is 3.80. The predicted octanol–water partition coefficient (Wildman–Crippen LogP) is 4.21. The average Bonchev–Trinajstić information content (AvgIpc) is 2.56. The molecule has 154 valence electrons. The first-order chi connectivity index (χ1) is 13.4. The van der Waals surface area contributed by atoms with Crippen molar-refractivity contribution < 1.29 is 14.3 Å². The second-order valence-corrected chi connectivity index (χ2v) is 12.1. The van der Waals surface area contributed by atoms with E-state index in [-0.39, 0.29) is 16.8 Å². The van der Waals surface area contributed by atoms with E-state index in [9.17, 15) is 9.59 Å². The Bertz CT molecular complexity index is 627. The van der Waals surface area contributed by atoms with E-state index in [0.717, 1.165) is 54.8 Å². The van der Waals surface area contributed by atoms with Crippen LogP contribution >= 0.6 is 0 Å². The lowest BCUT2D eigenvalue weighted by atomic mass is 9.48. The summed E-state index contributed by atoms with van der Waals surface area (Å²) >= 11 is 0. The Morgan fingerprint density at radius 2 is 1.14 bits per heavy atom. The third kappa shape index (κ3) is 2.76. The van der Waals surface area contributed by atoms with E-state index in [4.69, 9.17) is 10.5 Å². The number of hydrogen-bond acceptors (Lipinski definition) is 3. The van der Waals surface area contributed by atoms with Gasteiger partial charge in [-0.2, -0.15) is 0 Å². The number of carbonyl (C=O) groups is 2. The van der Waals surface area contributed by atoms with E-state index in [1.165, 1.54) is 57.8 Å². The topological polar surface area (TPSA) is 69.4 Å². The molecule has 2 N–H and O–H groups in total. The molecule has 8 aliphatic rings. The molecule has 8 bridgehead atoms. The zero-order chi connectivity index (χ0) is 19.1. The Labute approximate surface area is 168 Å². The number of primary amides is 1. The van der Waals surface area contributed by atoms with Crippen LogP contribution in [0.1, 0.15) is 83.5 Å². The van der Waals surface area contributed by atoms with Gasteiger partial charge in [0, 0.05) is 5.41 Å². The molecule has 0 spiro atoms. The van der Waals surface area contributed by atoms with Crippen LogP contribution in [0.25, 0.3) is 0 Å². The second kappa shape index (κ2) is 5.98. The molecule has 0 aromatic carbocycles. The lowest BCUT2D eigenvalue weighted by Crippen LogP contribution is -2.57. The quantitative estimate of drug-likeness (QED) is 0.721. The van der Waals surface area contributed by atoms with Crippen molar-refractivity contribution in [2.24, 2.45) is 52.1 Å². The Hall–Kier alpha value is -1.06. The highest BCUT2D eigenvalue weighted by Gasteiger charge is 2.58. The van der Waals surface area contributed by atoms with Gasteiger partial charge in [0.2, 0.25) is 0 Å². The lowest BCUT2D eigenvalue weighted by Gasteiger charge is -2.58. The molecule has 4 nitrogen and oxygen atoms in total. The zero-order valence-electron chi connectivity index (χ0n) is 17.0. The van der Waals surface area contributed by atoms with Crippen LogP contribution in [0.5, 0.6) is 0 Å². The van der Waals surface area contributed by atoms with Crippen LogP contribution < -0.4 is 5.73 Å². The lowest BCUT2D eigenvalue weighted by molar-refractivity contribution is -0.183. The van der Waals surface area contributed by atoms with Gasteiger partial charge in [0.25, 0.3) is 5.91 Å². The van der Waals surface area contributed by atoms with Gasteiger partial charge in [0.05, 0.1) is 6.42 Å². The number of nitrogens with two attached hydrogens (primary N) is 1.